The van der Waals surface area contributed by atoms with Crippen LogP contribution in [0, 0.1) is 34.9 Å². The molecule has 3 aromatic rings. The van der Waals surface area contributed by atoms with Crippen molar-refractivity contribution in [1.82, 2.24) is 4.57 Å². The fraction of sp³-hybridized carbons (Fsp3) is 0.219. The van der Waals surface area contributed by atoms with E-state index in [2.05, 4.69) is 12.0 Å². The average Bonchev–Trinajstić information content (AvgIpc) is 3.51. The monoisotopic (exact) mass is 516 g/mol. The maximum Gasteiger partial charge on any atom is 0.248 e. The summed E-state index contributed by atoms with van der Waals surface area (Å²) in [6, 6.07) is 19.2. The topological polar surface area (TPSA) is 69.3 Å². The van der Waals surface area contributed by atoms with E-state index >= 15 is 0 Å². The van der Waals surface area contributed by atoms with Gasteiger partial charge in [-0.15, -0.1) is 6.42 Å². The van der Waals surface area contributed by atoms with Crippen molar-refractivity contribution in [3.05, 3.63) is 101 Å². The number of halogens is 1. The van der Waals surface area contributed by atoms with Gasteiger partial charge >= 0.3 is 0 Å². The van der Waals surface area contributed by atoms with Crippen molar-refractivity contribution >= 4 is 28.9 Å². The summed E-state index contributed by atoms with van der Waals surface area (Å²) in [4.78, 5) is 32.2. The number of para-hydroxylation sites is 1. The summed E-state index contributed by atoms with van der Waals surface area (Å²) in [5.74, 6) is 1.97. The van der Waals surface area contributed by atoms with Crippen LogP contribution in [0.4, 0.5) is 15.8 Å². The number of rotatable bonds is 3. The Labute approximate surface area is 226 Å². The first kappa shape index (κ1) is 24.5. The summed E-state index contributed by atoms with van der Waals surface area (Å²) in [5.41, 5.74) is 0.673. The second kappa shape index (κ2) is 8.58. The number of amides is 1. The molecule has 1 unspecified atom stereocenters. The number of nitriles is 1. The molecular weight excluding hydrogens is 491 g/mol. The van der Waals surface area contributed by atoms with Crippen molar-refractivity contribution in [3.8, 4) is 18.4 Å². The van der Waals surface area contributed by atoms with Crippen LogP contribution in [0.15, 0.2) is 89.9 Å². The van der Waals surface area contributed by atoms with Crippen LogP contribution in [-0.4, -0.2) is 22.8 Å². The lowest BCUT2D eigenvalue weighted by atomic mass is 9.60. The molecule has 0 bridgehead atoms. The van der Waals surface area contributed by atoms with Crippen molar-refractivity contribution < 1.29 is 14.0 Å². The van der Waals surface area contributed by atoms with E-state index in [0.29, 0.717) is 34.9 Å². The summed E-state index contributed by atoms with van der Waals surface area (Å²) in [5, 5.41) is 10.9. The molecule has 7 heteroatoms. The summed E-state index contributed by atoms with van der Waals surface area (Å²) < 4.78 is 15.8. The van der Waals surface area contributed by atoms with Gasteiger partial charge in [-0.05, 0) is 54.3 Å². The SMILES string of the molecule is C#CCN1C(=O)C2(C(C#N)=C(n3cccc3)N(c3ccc(F)cc3)C3=C2C(=O)CC(C)(C)C3)c2ccccc21. The Kier molecular flexibility index (Phi) is 5.38. The number of nitrogens with zero attached hydrogens (tertiary/aromatic N) is 4. The van der Waals surface area contributed by atoms with Crippen LogP contribution in [0.5, 0.6) is 0 Å². The normalized spacial score (nSPS) is 21.7. The van der Waals surface area contributed by atoms with Gasteiger partial charge in [0.25, 0.3) is 0 Å². The van der Waals surface area contributed by atoms with Crippen LogP contribution in [0.3, 0.4) is 0 Å². The maximum absolute atomic E-state index is 14.6. The number of aromatic nitrogens is 1. The molecule has 6 nitrogen and oxygen atoms in total. The van der Waals surface area contributed by atoms with Crippen LogP contribution >= 0.6 is 0 Å². The van der Waals surface area contributed by atoms with Crippen LogP contribution in [-0.2, 0) is 15.0 Å². The number of ketones is 1. The fourth-order valence-electron chi connectivity index (χ4n) is 6.34. The number of benzene rings is 2. The van der Waals surface area contributed by atoms with E-state index in [4.69, 9.17) is 6.42 Å². The van der Waals surface area contributed by atoms with Gasteiger partial charge in [-0.3, -0.25) is 19.4 Å². The highest BCUT2D eigenvalue weighted by Gasteiger charge is 2.63. The van der Waals surface area contributed by atoms with Gasteiger partial charge in [0.2, 0.25) is 5.91 Å². The number of fused-ring (bicyclic) bond motifs is 3. The molecule has 1 amide bonds. The minimum atomic E-state index is -1.67. The van der Waals surface area contributed by atoms with Crippen molar-refractivity contribution in [2.45, 2.75) is 32.1 Å². The Morgan fingerprint density at radius 3 is 2.36 bits per heavy atom. The van der Waals surface area contributed by atoms with E-state index in [9.17, 15) is 19.2 Å². The van der Waals surface area contributed by atoms with Gasteiger partial charge in [-0.1, -0.05) is 38.0 Å². The van der Waals surface area contributed by atoms with Crippen molar-refractivity contribution in [1.29, 1.82) is 5.26 Å². The quantitative estimate of drug-likeness (QED) is 0.437. The number of allylic oxidation sites excluding steroid dienone is 1. The zero-order chi connectivity index (χ0) is 27.5. The lowest BCUT2D eigenvalue weighted by molar-refractivity contribution is -0.124. The third kappa shape index (κ3) is 3.33. The maximum atomic E-state index is 14.6. The van der Waals surface area contributed by atoms with Crippen LogP contribution in [0.25, 0.3) is 5.82 Å². The van der Waals surface area contributed by atoms with E-state index < -0.39 is 22.6 Å². The molecule has 2 aromatic carbocycles. The molecule has 1 aromatic heterocycles. The number of carbonyl (C=O) groups excluding carboxylic acids is 2. The lowest BCUT2D eigenvalue weighted by Gasteiger charge is -2.47. The molecule has 0 fully saturated rings. The van der Waals surface area contributed by atoms with E-state index in [1.54, 1.807) is 47.3 Å². The summed E-state index contributed by atoms with van der Waals surface area (Å²) in [6.07, 6.45) is 9.94. The minimum absolute atomic E-state index is 0.000861. The number of hydrogen-bond donors (Lipinski definition) is 0. The number of hydrogen-bond acceptors (Lipinski definition) is 4. The van der Waals surface area contributed by atoms with Gasteiger partial charge < -0.3 is 4.57 Å². The molecule has 0 saturated heterocycles. The molecule has 0 N–H and O–H groups in total. The van der Waals surface area contributed by atoms with Gasteiger partial charge in [0.15, 0.2) is 5.78 Å². The van der Waals surface area contributed by atoms with Gasteiger partial charge in [0.1, 0.15) is 23.1 Å². The van der Waals surface area contributed by atoms with Gasteiger partial charge in [-0.25, -0.2) is 4.39 Å². The first-order valence-corrected chi connectivity index (χ1v) is 12.7. The Morgan fingerprint density at radius 1 is 1.00 bits per heavy atom. The number of carbonyl (C=O) groups is 2. The second-order valence-corrected chi connectivity index (χ2v) is 10.8. The van der Waals surface area contributed by atoms with E-state index in [0.717, 1.165) is 0 Å². The summed E-state index contributed by atoms with van der Waals surface area (Å²) >= 11 is 0. The lowest BCUT2D eigenvalue weighted by Crippen LogP contribution is -2.53. The number of Topliss-reactive ketones (excluding diaryl/α,β-unsaturated/α-hetero) is 1. The summed E-state index contributed by atoms with van der Waals surface area (Å²) in [6.45, 7) is 4.02. The molecule has 1 aliphatic carbocycles. The average molecular weight is 517 g/mol. The third-order valence-electron chi connectivity index (χ3n) is 7.77. The molecule has 192 valence electrons. The molecule has 39 heavy (non-hydrogen) atoms. The minimum Gasteiger partial charge on any atom is -0.309 e. The Morgan fingerprint density at radius 2 is 1.69 bits per heavy atom. The van der Waals surface area contributed by atoms with Crippen molar-refractivity contribution in [2.24, 2.45) is 5.41 Å². The molecule has 1 spiro atoms. The predicted octanol–water partition coefficient (Wildman–Crippen LogP) is 5.40. The molecule has 0 saturated carbocycles. The molecule has 1 atom stereocenters. The van der Waals surface area contributed by atoms with Gasteiger partial charge in [0.05, 0.1) is 12.1 Å². The van der Waals surface area contributed by atoms with Crippen LogP contribution in [0.1, 0.15) is 32.3 Å². The smallest absolute Gasteiger partial charge is 0.248 e. The molecule has 3 aliphatic rings. The zero-order valence-electron chi connectivity index (χ0n) is 21.6. The van der Waals surface area contributed by atoms with Crippen molar-refractivity contribution in [2.75, 3.05) is 16.3 Å². The highest BCUT2D eigenvalue weighted by molar-refractivity contribution is 6.22. The predicted molar refractivity (Wildman–Crippen MR) is 146 cm³/mol. The number of terminal acetylenes is 1. The summed E-state index contributed by atoms with van der Waals surface area (Å²) in [7, 11) is 0. The molecule has 0 radical (unpaired) electrons. The zero-order valence-corrected chi connectivity index (χ0v) is 21.6. The third-order valence-corrected chi connectivity index (χ3v) is 7.77. The first-order chi connectivity index (χ1) is 18.7. The van der Waals surface area contributed by atoms with E-state index in [-0.39, 0.29) is 29.9 Å². The van der Waals surface area contributed by atoms with E-state index in [1.165, 1.54) is 17.0 Å². The van der Waals surface area contributed by atoms with E-state index in [1.807, 2.05) is 36.9 Å². The Hall–Kier alpha value is -4.88. The fourth-order valence-corrected chi connectivity index (χ4v) is 6.34. The molecule has 3 heterocycles. The Balaban J connectivity index is 1.80. The first-order valence-electron chi connectivity index (χ1n) is 12.7. The Bertz CT molecular complexity index is 1680. The standard InChI is InChI=1S/C32H25FN4O2/c1-4-15-36-25-10-6-5-9-23(25)32(30(36)39)24(20-34)29(35-16-7-8-17-35)37(22-13-11-21(33)12-14-22)26-18-31(2,3)19-27(38)28(26)32/h1,5-14,16-17H,15,18-19H2,2-3H3. The molecule has 2 aliphatic heterocycles. The highest BCUT2D eigenvalue weighted by atomic mass is 19.1. The van der Waals surface area contributed by atoms with Gasteiger partial charge in [0, 0.05) is 47.0 Å². The van der Waals surface area contributed by atoms with Crippen LogP contribution in [0.2, 0.25) is 0 Å². The van der Waals surface area contributed by atoms with Crippen molar-refractivity contribution in [3.63, 3.8) is 0 Å². The number of anilines is 2. The molecular formula is C32H25FN4O2. The highest BCUT2D eigenvalue weighted by Crippen LogP contribution is 2.59. The van der Waals surface area contributed by atoms with Gasteiger partial charge in [-0.2, -0.15) is 5.26 Å². The largest absolute Gasteiger partial charge is 0.309 e. The van der Waals surface area contributed by atoms with Crippen LogP contribution < -0.4 is 9.80 Å². The second-order valence-electron chi connectivity index (χ2n) is 10.8. The molecule has 6 rings (SSSR count).